The molecular formula is C19H30N2. The van der Waals surface area contributed by atoms with Crippen LogP contribution in [0.25, 0.3) is 0 Å². The van der Waals surface area contributed by atoms with Gasteiger partial charge in [-0.3, -0.25) is 0 Å². The SMILES string of the molecule is Cc1cccc(C2CC(NCCN3CCC(C)CC3)C2)c1. The Bertz CT molecular complexity index is 443. The van der Waals surface area contributed by atoms with E-state index in [0.29, 0.717) is 0 Å². The van der Waals surface area contributed by atoms with Crippen molar-refractivity contribution in [3.63, 3.8) is 0 Å². The van der Waals surface area contributed by atoms with Crippen molar-refractivity contribution in [1.82, 2.24) is 10.2 Å². The minimum atomic E-state index is 0.749. The van der Waals surface area contributed by atoms with Crippen molar-refractivity contribution in [2.45, 2.75) is 51.5 Å². The number of hydrogen-bond acceptors (Lipinski definition) is 2. The van der Waals surface area contributed by atoms with Crippen LogP contribution in [0.15, 0.2) is 24.3 Å². The molecule has 1 saturated carbocycles. The van der Waals surface area contributed by atoms with Crippen molar-refractivity contribution in [2.75, 3.05) is 26.2 Å². The van der Waals surface area contributed by atoms with Gasteiger partial charge in [0.1, 0.15) is 0 Å². The fourth-order valence-electron chi connectivity index (χ4n) is 3.69. The third-order valence-corrected chi connectivity index (χ3v) is 5.39. The fourth-order valence-corrected chi connectivity index (χ4v) is 3.69. The van der Waals surface area contributed by atoms with E-state index in [2.05, 4.69) is 48.3 Å². The van der Waals surface area contributed by atoms with Gasteiger partial charge < -0.3 is 10.2 Å². The average molecular weight is 286 g/mol. The summed E-state index contributed by atoms with van der Waals surface area (Å²) in [5, 5.41) is 3.75. The smallest absolute Gasteiger partial charge is 0.0107 e. The number of likely N-dealkylation sites (tertiary alicyclic amines) is 1. The quantitative estimate of drug-likeness (QED) is 0.890. The van der Waals surface area contributed by atoms with E-state index in [4.69, 9.17) is 0 Å². The van der Waals surface area contributed by atoms with Crippen LogP contribution in [0.3, 0.4) is 0 Å². The van der Waals surface area contributed by atoms with Gasteiger partial charge in [-0.2, -0.15) is 0 Å². The highest BCUT2D eigenvalue weighted by Gasteiger charge is 2.29. The van der Waals surface area contributed by atoms with Crippen molar-refractivity contribution >= 4 is 0 Å². The zero-order chi connectivity index (χ0) is 14.7. The minimum absolute atomic E-state index is 0.749. The predicted octanol–water partition coefficient (Wildman–Crippen LogP) is 3.56. The van der Waals surface area contributed by atoms with Crippen molar-refractivity contribution in [1.29, 1.82) is 0 Å². The summed E-state index contributed by atoms with van der Waals surface area (Å²) >= 11 is 0. The topological polar surface area (TPSA) is 15.3 Å². The summed E-state index contributed by atoms with van der Waals surface area (Å²) in [6.07, 6.45) is 5.42. The molecule has 1 aromatic carbocycles. The largest absolute Gasteiger partial charge is 0.313 e. The molecule has 0 unspecified atom stereocenters. The highest BCUT2D eigenvalue weighted by Crippen LogP contribution is 2.36. The van der Waals surface area contributed by atoms with E-state index in [0.717, 1.165) is 17.9 Å². The van der Waals surface area contributed by atoms with Gasteiger partial charge in [0.15, 0.2) is 0 Å². The molecule has 1 aliphatic carbocycles. The van der Waals surface area contributed by atoms with Crippen LogP contribution in [0.4, 0.5) is 0 Å². The van der Waals surface area contributed by atoms with Gasteiger partial charge in [0.2, 0.25) is 0 Å². The summed E-state index contributed by atoms with van der Waals surface area (Å²) in [4.78, 5) is 2.63. The Labute approximate surface area is 129 Å². The van der Waals surface area contributed by atoms with E-state index < -0.39 is 0 Å². The fraction of sp³-hybridized carbons (Fsp3) is 0.684. The molecule has 0 spiro atoms. The number of piperidine rings is 1. The van der Waals surface area contributed by atoms with E-state index >= 15 is 0 Å². The molecule has 1 heterocycles. The van der Waals surface area contributed by atoms with Gasteiger partial charge >= 0.3 is 0 Å². The predicted molar refractivity (Wildman–Crippen MR) is 89.8 cm³/mol. The van der Waals surface area contributed by atoms with Crippen molar-refractivity contribution in [2.24, 2.45) is 5.92 Å². The van der Waals surface area contributed by atoms with Crippen molar-refractivity contribution < 1.29 is 0 Å². The molecular weight excluding hydrogens is 256 g/mol. The highest BCUT2D eigenvalue weighted by molar-refractivity contribution is 5.27. The van der Waals surface area contributed by atoms with E-state index in [-0.39, 0.29) is 0 Å². The number of nitrogens with one attached hydrogen (secondary N) is 1. The maximum Gasteiger partial charge on any atom is 0.0107 e. The lowest BCUT2D eigenvalue weighted by molar-refractivity contribution is 0.184. The summed E-state index contributed by atoms with van der Waals surface area (Å²) in [5.41, 5.74) is 2.93. The number of rotatable bonds is 5. The summed E-state index contributed by atoms with van der Waals surface area (Å²) in [5.74, 6) is 1.73. The highest BCUT2D eigenvalue weighted by atomic mass is 15.1. The third-order valence-electron chi connectivity index (χ3n) is 5.39. The summed E-state index contributed by atoms with van der Waals surface area (Å²) in [7, 11) is 0. The Kier molecular flexibility index (Phi) is 4.97. The Balaban J connectivity index is 1.32. The van der Waals surface area contributed by atoms with E-state index in [1.807, 2.05) is 0 Å². The van der Waals surface area contributed by atoms with Crippen LogP contribution >= 0.6 is 0 Å². The first-order valence-electron chi connectivity index (χ1n) is 8.73. The van der Waals surface area contributed by atoms with E-state index in [9.17, 15) is 0 Å². The van der Waals surface area contributed by atoms with E-state index in [1.54, 1.807) is 0 Å². The Morgan fingerprint density at radius 1 is 1.19 bits per heavy atom. The molecule has 0 radical (unpaired) electrons. The molecule has 3 rings (SSSR count). The molecule has 2 heteroatoms. The molecule has 0 amide bonds. The Morgan fingerprint density at radius 2 is 1.95 bits per heavy atom. The second-order valence-electron chi connectivity index (χ2n) is 7.26. The lowest BCUT2D eigenvalue weighted by Crippen LogP contribution is -2.44. The van der Waals surface area contributed by atoms with Crippen molar-refractivity contribution in [3.05, 3.63) is 35.4 Å². The molecule has 2 aliphatic rings. The van der Waals surface area contributed by atoms with Crippen LogP contribution in [0.5, 0.6) is 0 Å². The monoisotopic (exact) mass is 286 g/mol. The zero-order valence-electron chi connectivity index (χ0n) is 13.6. The van der Waals surface area contributed by atoms with Gasteiger partial charge in [0.05, 0.1) is 0 Å². The lowest BCUT2D eigenvalue weighted by Gasteiger charge is -2.37. The number of nitrogens with zero attached hydrogens (tertiary/aromatic N) is 1. The molecule has 2 nitrogen and oxygen atoms in total. The molecule has 1 saturated heterocycles. The first-order valence-corrected chi connectivity index (χ1v) is 8.73. The summed E-state index contributed by atoms with van der Waals surface area (Å²) < 4.78 is 0. The molecule has 1 aromatic rings. The zero-order valence-corrected chi connectivity index (χ0v) is 13.6. The molecule has 2 fully saturated rings. The van der Waals surface area contributed by atoms with Gasteiger partial charge in [-0.25, -0.2) is 0 Å². The van der Waals surface area contributed by atoms with Crippen LogP contribution in [0.2, 0.25) is 0 Å². The number of benzene rings is 1. The number of aryl methyl sites for hydroxylation is 1. The van der Waals surface area contributed by atoms with Gasteiger partial charge in [-0.15, -0.1) is 0 Å². The van der Waals surface area contributed by atoms with Gasteiger partial charge in [-0.05, 0) is 63.1 Å². The van der Waals surface area contributed by atoms with Crippen LogP contribution in [-0.2, 0) is 0 Å². The van der Waals surface area contributed by atoms with E-state index in [1.165, 1.54) is 63.0 Å². The molecule has 116 valence electrons. The van der Waals surface area contributed by atoms with Crippen LogP contribution < -0.4 is 5.32 Å². The van der Waals surface area contributed by atoms with Crippen LogP contribution in [0, 0.1) is 12.8 Å². The third kappa shape index (κ3) is 4.08. The van der Waals surface area contributed by atoms with Crippen LogP contribution in [-0.4, -0.2) is 37.1 Å². The molecule has 1 aliphatic heterocycles. The Hall–Kier alpha value is -0.860. The second kappa shape index (κ2) is 6.93. The van der Waals surface area contributed by atoms with Gasteiger partial charge in [0.25, 0.3) is 0 Å². The number of hydrogen-bond donors (Lipinski definition) is 1. The van der Waals surface area contributed by atoms with Crippen LogP contribution in [0.1, 0.15) is 49.7 Å². The average Bonchev–Trinajstić information content (AvgIpc) is 2.43. The maximum atomic E-state index is 3.75. The normalized spacial score (nSPS) is 27.5. The molecule has 0 aromatic heterocycles. The van der Waals surface area contributed by atoms with Gasteiger partial charge in [-0.1, -0.05) is 36.8 Å². The summed E-state index contributed by atoms with van der Waals surface area (Å²) in [6, 6.07) is 9.79. The Morgan fingerprint density at radius 3 is 2.67 bits per heavy atom. The second-order valence-corrected chi connectivity index (χ2v) is 7.26. The molecule has 1 N–H and O–H groups in total. The lowest BCUT2D eigenvalue weighted by atomic mass is 9.75. The van der Waals surface area contributed by atoms with Gasteiger partial charge in [0, 0.05) is 19.1 Å². The summed E-state index contributed by atoms with van der Waals surface area (Å²) in [6.45, 7) is 9.59. The van der Waals surface area contributed by atoms with Crippen molar-refractivity contribution in [3.8, 4) is 0 Å². The first-order chi connectivity index (χ1) is 10.2. The maximum absolute atomic E-state index is 3.75. The molecule has 0 bridgehead atoms. The first kappa shape index (κ1) is 15.1. The standard InChI is InChI=1S/C19H30N2/c1-15-6-9-21(10-7-15)11-8-20-19-13-18(14-19)17-5-3-4-16(2)12-17/h3-5,12,15,18-20H,6-11,13-14H2,1-2H3. The molecule has 0 atom stereocenters. The molecule has 21 heavy (non-hydrogen) atoms. The minimum Gasteiger partial charge on any atom is -0.313 e.